The second-order valence-electron chi connectivity index (χ2n) is 5.26. The summed E-state index contributed by atoms with van der Waals surface area (Å²) in [5, 5.41) is 2.44. The van der Waals surface area contributed by atoms with Crippen LogP contribution >= 0.6 is 12.6 Å². The Kier molecular flexibility index (Phi) is 4.49. The van der Waals surface area contributed by atoms with Gasteiger partial charge in [-0.1, -0.05) is 12.6 Å². The molecule has 3 aromatic rings. The molecule has 26 heavy (non-hydrogen) atoms. The van der Waals surface area contributed by atoms with Crippen molar-refractivity contribution in [2.45, 2.75) is 6.18 Å². The number of carbonyl (C=O) groups excluding carboxylic acids is 1. The molecule has 134 valence electrons. The number of hydrogen-bond acceptors (Lipinski definition) is 4. The summed E-state index contributed by atoms with van der Waals surface area (Å²) < 4.78 is 58.4. The first-order chi connectivity index (χ1) is 12.2. The maximum Gasteiger partial charge on any atom is 0.417 e. The molecule has 4 nitrogen and oxygen atoms in total. The van der Waals surface area contributed by atoms with E-state index in [0.29, 0.717) is 18.2 Å². The average molecular weight is 382 g/mol. The molecule has 0 radical (unpaired) electrons. The Morgan fingerprint density at radius 2 is 1.96 bits per heavy atom. The molecule has 0 saturated heterocycles. The lowest BCUT2D eigenvalue weighted by Crippen LogP contribution is -2.20. The van der Waals surface area contributed by atoms with Crippen LogP contribution in [0.15, 0.2) is 52.4 Å². The van der Waals surface area contributed by atoms with E-state index in [1.54, 1.807) is 0 Å². The summed E-state index contributed by atoms with van der Waals surface area (Å²) in [5.41, 5.74) is -1.49. The first-order valence-corrected chi connectivity index (χ1v) is 7.57. The maximum absolute atomic E-state index is 13.5. The fraction of sp³-hybridized carbons (Fsp3) is 0.0588. The number of benzene rings is 2. The van der Waals surface area contributed by atoms with Gasteiger partial charge in [-0.25, -0.2) is 9.37 Å². The van der Waals surface area contributed by atoms with Crippen LogP contribution in [0.25, 0.3) is 22.6 Å². The highest BCUT2D eigenvalue weighted by molar-refractivity contribution is 7.84. The van der Waals surface area contributed by atoms with Gasteiger partial charge in [-0.3, -0.25) is 4.79 Å². The van der Waals surface area contributed by atoms with Crippen molar-refractivity contribution >= 4 is 29.6 Å². The Hall–Kier alpha value is -2.81. The van der Waals surface area contributed by atoms with Crippen molar-refractivity contribution in [3.05, 3.63) is 65.0 Å². The van der Waals surface area contributed by atoms with E-state index < -0.39 is 34.9 Å². The van der Waals surface area contributed by atoms with Crippen molar-refractivity contribution in [3.63, 3.8) is 0 Å². The van der Waals surface area contributed by atoms with Crippen LogP contribution in [0.5, 0.6) is 0 Å². The number of rotatable bonds is 3. The highest BCUT2D eigenvalue weighted by Gasteiger charge is 2.35. The molecule has 0 aliphatic carbocycles. The van der Waals surface area contributed by atoms with E-state index in [9.17, 15) is 22.4 Å². The molecule has 1 aromatic heterocycles. The average Bonchev–Trinajstić information content (AvgIpc) is 2.96. The van der Waals surface area contributed by atoms with Gasteiger partial charge < -0.3 is 9.73 Å². The molecule has 0 atom stereocenters. The molecule has 2 aromatic carbocycles. The standard InChI is InChI=1S/C17H10F4N2O2S/c1-8(26)22-15(24)10-3-2-4-13-14(10)23-16(25-13)11-7-9(18)5-6-12(11)17(19,20)21/h2-7,26H,1H2,(H,22,24). The molecule has 9 heteroatoms. The van der Waals surface area contributed by atoms with Crippen molar-refractivity contribution in [2.75, 3.05) is 0 Å². The predicted molar refractivity (Wildman–Crippen MR) is 90.0 cm³/mol. The molecular formula is C17H10F4N2O2S. The van der Waals surface area contributed by atoms with E-state index in [4.69, 9.17) is 4.42 Å². The molecule has 0 spiro atoms. The van der Waals surface area contributed by atoms with Crippen molar-refractivity contribution < 1.29 is 26.8 Å². The highest BCUT2D eigenvalue weighted by atomic mass is 32.1. The van der Waals surface area contributed by atoms with Gasteiger partial charge in [0.15, 0.2) is 5.58 Å². The number of halogens is 4. The Labute approximate surface area is 149 Å². The summed E-state index contributed by atoms with van der Waals surface area (Å²) in [6.07, 6.45) is -4.73. The number of thiol groups is 1. The Morgan fingerprint density at radius 3 is 2.62 bits per heavy atom. The minimum absolute atomic E-state index is 0.0342. The topological polar surface area (TPSA) is 55.1 Å². The minimum atomic E-state index is -4.73. The van der Waals surface area contributed by atoms with Crippen LogP contribution in [0.1, 0.15) is 15.9 Å². The fourth-order valence-corrected chi connectivity index (χ4v) is 2.49. The lowest BCUT2D eigenvalue weighted by Gasteiger charge is -2.10. The number of fused-ring (bicyclic) bond motifs is 1. The summed E-state index contributed by atoms with van der Waals surface area (Å²) >= 11 is 3.86. The maximum atomic E-state index is 13.5. The minimum Gasteiger partial charge on any atom is -0.436 e. The van der Waals surface area contributed by atoms with Crippen LogP contribution in [0, 0.1) is 5.82 Å². The van der Waals surface area contributed by atoms with Crippen molar-refractivity contribution in [1.82, 2.24) is 10.3 Å². The third-order valence-corrected chi connectivity index (χ3v) is 3.55. The van der Waals surface area contributed by atoms with Crippen LogP contribution in [0.4, 0.5) is 17.6 Å². The van der Waals surface area contributed by atoms with Gasteiger partial charge in [0.25, 0.3) is 5.91 Å². The number of amides is 1. The molecule has 1 amide bonds. The van der Waals surface area contributed by atoms with Gasteiger partial charge in [0, 0.05) is 0 Å². The summed E-state index contributed by atoms with van der Waals surface area (Å²) in [6.45, 7) is 3.42. The van der Waals surface area contributed by atoms with Crippen molar-refractivity contribution in [3.8, 4) is 11.5 Å². The second kappa shape index (κ2) is 6.49. The van der Waals surface area contributed by atoms with E-state index in [-0.39, 0.29) is 21.7 Å². The smallest absolute Gasteiger partial charge is 0.417 e. The first-order valence-electron chi connectivity index (χ1n) is 7.12. The summed E-state index contributed by atoms with van der Waals surface area (Å²) in [5.74, 6) is -1.93. The van der Waals surface area contributed by atoms with E-state index in [1.807, 2.05) is 0 Å². The van der Waals surface area contributed by atoms with Crippen molar-refractivity contribution in [1.29, 1.82) is 0 Å². The zero-order valence-electron chi connectivity index (χ0n) is 12.9. The van der Waals surface area contributed by atoms with Crippen LogP contribution < -0.4 is 5.32 Å². The first kappa shape index (κ1) is 18.0. The van der Waals surface area contributed by atoms with E-state index in [0.717, 1.165) is 0 Å². The van der Waals surface area contributed by atoms with Crippen molar-refractivity contribution in [2.24, 2.45) is 0 Å². The third-order valence-electron chi connectivity index (χ3n) is 3.44. The third kappa shape index (κ3) is 3.43. The van der Waals surface area contributed by atoms with Gasteiger partial charge in [0.2, 0.25) is 5.89 Å². The Morgan fingerprint density at radius 1 is 1.23 bits per heavy atom. The van der Waals surface area contributed by atoms with Crippen LogP contribution in [0.2, 0.25) is 0 Å². The SMILES string of the molecule is C=C(S)NC(=O)c1cccc2oc(-c3cc(F)ccc3C(F)(F)F)nc12. The van der Waals surface area contributed by atoms with E-state index in [2.05, 4.69) is 29.5 Å². The fourth-order valence-electron chi connectivity index (χ4n) is 2.39. The van der Waals surface area contributed by atoms with Crippen LogP contribution in [-0.4, -0.2) is 10.9 Å². The molecule has 1 heterocycles. The monoisotopic (exact) mass is 382 g/mol. The predicted octanol–water partition coefficient (Wildman–Crippen LogP) is 4.78. The number of nitrogens with zero attached hydrogens (tertiary/aromatic N) is 1. The molecule has 3 rings (SSSR count). The summed E-state index contributed by atoms with van der Waals surface area (Å²) in [7, 11) is 0. The molecule has 0 aliphatic heterocycles. The zero-order valence-corrected chi connectivity index (χ0v) is 13.8. The Balaban J connectivity index is 2.19. The number of para-hydroxylation sites is 1. The number of alkyl halides is 3. The molecule has 0 aliphatic rings. The molecule has 0 bridgehead atoms. The van der Waals surface area contributed by atoms with Gasteiger partial charge in [-0.15, -0.1) is 12.6 Å². The van der Waals surface area contributed by atoms with Crippen LogP contribution in [0.3, 0.4) is 0 Å². The normalized spacial score (nSPS) is 11.6. The number of aromatic nitrogens is 1. The van der Waals surface area contributed by atoms with Gasteiger partial charge in [0.1, 0.15) is 11.3 Å². The largest absolute Gasteiger partial charge is 0.436 e. The van der Waals surface area contributed by atoms with Gasteiger partial charge in [0.05, 0.1) is 21.7 Å². The second-order valence-corrected chi connectivity index (χ2v) is 5.80. The van der Waals surface area contributed by atoms with Gasteiger partial charge in [-0.05, 0) is 30.3 Å². The molecule has 1 N–H and O–H groups in total. The summed E-state index contributed by atoms with van der Waals surface area (Å²) in [4.78, 5) is 16.1. The van der Waals surface area contributed by atoms with E-state index >= 15 is 0 Å². The Bertz CT molecular complexity index is 1030. The molecule has 0 fully saturated rings. The lowest BCUT2D eigenvalue weighted by atomic mass is 10.1. The quantitative estimate of drug-likeness (QED) is 0.506. The number of oxazole rings is 1. The zero-order chi connectivity index (χ0) is 19.1. The number of nitrogens with one attached hydrogen (secondary N) is 1. The number of carbonyl (C=O) groups is 1. The highest BCUT2D eigenvalue weighted by Crippen LogP contribution is 2.38. The van der Waals surface area contributed by atoms with Gasteiger partial charge >= 0.3 is 6.18 Å². The van der Waals surface area contributed by atoms with Gasteiger partial charge in [-0.2, -0.15) is 13.2 Å². The summed E-state index contributed by atoms with van der Waals surface area (Å²) in [6, 6.07) is 6.32. The number of hydrogen-bond donors (Lipinski definition) is 2. The van der Waals surface area contributed by atoms with Crippen LogP contribution in [-0.2, 0) is 6.18 Å². The lowest BCUT2D eigenvalue weighted by molar-refractivity contribution is -0.137. The van der Waals surface area contributed by atoms with E-state index in [1.165, 1.54) is 18.2 Å². The molecule has 0 saturated carbocycles. The molecular weight excluding hydrogens is 372 g/mol. The molecule has 0 unspecified atom stereocenters.